The summed E-state index contributed by atoms with van der Waals surface area (Å²) in [6.45, 7) is 0.260. The van der Waals surface area contributed by atoms with Gasteiger partial charge in [0, 0.05) is 0 Å². The molecule has 16 heavy (non-hydrogen) atoms. The smallest absolute Gasteiger partial charge is 0.338 e. The number of methoxy groups -OCH3 is 2. The van der Waals surface area contributed by atoms with Gasteiger partial charge in [-0.15, -0.1) is 15.0 Å². The summed E-state index contributed by atoms with van der Waals surface area (Å²) in [5.74, 6) is 0.413. The van der Waals surface area contributed by atoms with Crippen LogP contribution in [0, 0.1) is 0 Å². The van der Waals surface area contributed by atoms with Crippen LogP contribution in [0.15, 0.2) is 0 Å². The monoisotopic (exact) mass is 227 g/mol. The predicted molar refractivity (Wildman–Crippen MR) is 57.5 cm³/mol. The third-order valence-electron chi connectivity index (χ3n) is 2.02. The molecule has 0 aliphatic carbocycles. The SMILES string of the molecule is COc1nc(OC)nc([N+](C)(C)CC=O)n1. The van der Waals surface area contributed by atoms with Crippen LogP contribution in [-0.2, 0) is 4.79 Å². The first-order chi connectivity index (χ1) is 7.53. The van der Waals surface area contributed by atoms with E-state index in [-0.39, 0.29) is 23.0 Å². The molecule has 0 N–H and O–H groups in total. The molecule has 0 aromatic carbocycles. The van der Waals surface area contributed by atoms with Gasteiger partial charge in [0.15, 0.2) is 6.29 Å². The van der Waals surface area contributed by atoms with Crippen molar-refractivity contribution in [2.75, 3.05) is 34.9 Å². The van der Waals surface area contributed by atoms with Crippen LogP contribution in [0.1, 0.15) is 0 Å². The Balaban J connectivity index is 3.16. The summed E-state index contributed by atoms with van der Waals surface area (Å²) >= 11 is 0. The molecule has 0 fully saturated rings. The van der Waals surface area contributed by atoms with Crippen LogP contribution < -0.4 is 14.0 Å². The maximum absolute atomic E-state index is 10.6. The molecule has 0 aliphatic heterocycles. The summed E-state index contributed by atoms with van der Waals surface area (Å²) < 4.78 is 10.1. The fourth-order valence-corrected chi connectivity index (χ4v) is 1.05. The molecule has 0 saturated carbocycles. The molecule has 88 valence electrons. The zero-order chi connectivity index (χ0) is 12.2. The summed E-state index contributed by atoms with van der Waals surface area (Å²) in [4.78, 5) is 22.6. The number of aromatic nitrogens is 3. The number of quaternary nitrogens is 1. The Morgan fingerprint density at radius 3 is 2.00 bits per heavy atom. The summed E-state index contributed by atoms with van der Waals surface area (Å²) in [6, 6.07) is 0.331. The summed E-state index contributed by atoms with van der Waals surface area (Å²) in [6.07, 6.45) is 0.808. The molecule has 1 aromatic heterocycles. The van der Waals surface area contributed by atoms with Crippen molar-refractivity contribution in [1.29, 1.82) is 0 Å². The lowest BCUT2D eigenvalue weighted by Crippen LogP contribution is -2.43. The quantitative estimate of drug-likeness (QED) is 0.506. The van der Waals surface area contributed by atoms with E-state index in [2.05, 4.69) is 15.0 Å². The highest BCUT2D eigenvalue weighted by molar-refractivity contribution is 5.55. The van der Waals surface area contributed by atoms with Crippen molar-refractivity contribution >= 4 is 12.2 Å². The number of hydrogen-bond donors (Lipinski definition) is 0. The number of carbonyl (C=O) groups excluding carboxylic acids is 1. The van der Waals surface area contributed by atoms with E-state index in [0.29, 0.717) is 5.95 Å². The van der Waals surface area contributed by atoms with Crippen LogP contribution in [0.5, 0.6) is 12.0 Å². The Morgan fingerprint density at radius 2 is 1.62 bits per heavy atom. The fourth-order valence-electron chi connectivity index (χ4n) is 1.05. The maximum Gasteiger partial charge on any atom is 0.338 e. The molecular weight excluding hydrogens is 212 g/mol. The summed E-state index contributed by atoms with van der Waals surface area (Å²) in [7, 11) is 6.53. The lowest BCUT2D eigenvalue weighted by atomic mass is 10.5. The molecule has 1 rings (SSSR count). The van der Waals surface area contributed by atoms with Crippen molar-refractivity contribution < 1.29 is 14.3 Å². The highest BCUT2D eigenvalue weighted by Crippen LogP contribution is 2.18. The van der Waals surface area contributed by atoms with Gasteiger partial charge in [-0.3, -0.25) is 9.28 Å². The van der Waals surface area contributed by atoms with Crippen LogP contribution >= 0.6 is 0 Å². The lowest BCUT2D eigenvalue weighted by molar-refractivity contribution is -0.108. The van der Waals surface area contributed by atoms with E-state index in [1.165, 1.54) is 14.2 Å². The van der Waals surface area contributed by atoms with Crippen LogP contribution in [-0.4, -0.2) is 56.1 Å². The van der Waals surface area contributed by atoms with Gasteiger partial charge in [0.05, 0.1) is 28.3 Å². The van der Waals surface area contributed by atoms with E-state index in [4.69, 9.17) is 9.47 Å². The Hall–Kier alpha value is -1.76. The first-order valence-corrected chi connectivity index (χ1v) is 4.64. The fraction of sp³-hybridized carbons (Fsp3) is 0.556. The highest BCUT2D eigenvalue weighted by Gasteiger charge is 2.25. The number of nitrogens with zero attached hydrogens (tertiary/aromatic N) is 4. The Bertz CT molecular complexity index is 359. The molecule has 0 atom stereocenters. The minimum Gasteiger partial charge on any atom is -0.466 e. The number of ether oxygens (including phenoxy) is 2. The molecule has 0 radical (unpaired) electrons. The molecule has 0 unspecified atom stereocenters. The third-order valence-corrected chi connectivity index (χ3v) is 2.02. The second-order valence-electron chi connectivity index (χ2n) is 3.64. The Labute approximate surface area is 93.6 Å². The number of rotatable bonds is 5. The van der Waals surface area contributed by atoms with Crippen molar-refractivity contribution in [3.63, 3.8) is 0 Å². The van der Waals surface area contributed by atoms with Gasteiger partial charge in [-0.05, 0) is 0 Å². The first-order valence-electron chi connectivity index (χ1n) is 4.64. The molecule has 0 spiro atoms. The van der Waals surface area contributed by atoms with Gasteiger partial charge in [0.2, 0.25) is 0 Å². The number of likely N-dealkylation sites (N-methyl/N-ethyl adjacent to an activating group) is 1. The second kappa shape index (κ2) is 4.84. The van der Waals surface area contributed by atoms with E-state index in [0.717, 1.165) is 6.29 Å². The number of aldehydes is 1. The van der Waals surface area contributed by atoms with Crippen molar-refractivity contribution in [2.24, 2.45) is 0 Å². The molecule has 0 saturated heterocycles. The summed E-state index contributed by atoms with van der Waals surface area (Å²) in [5.41, 5.74) is 0. The van der Waals surface area contributed by atoms with Crippen LogP contribution in [0.3, 0.4) is 0 Å². The van der Waals surface area contributed by atoms with Crippen molar-refractivity contribution in [3.8, 4) is 12.0 Å². The van der Waals surface area contributed by atoms with Gasteiger partial charge in [0.25, 0.3) is 0 Å². The molecular formula is C9H15N4O3+. The molecule has 7 nitrogen and oxygen atoms in total. The van der Waals surface area contributed by atoms with Crippen molar-refractivity contribution in [3.05, 3.63) is 0 Å². The summed E-state index contributed by atoms with van der Waals surface area (Å²) in [5, 5.41) is 0. The normalized spacial score (nSPS) is 11.0. The molecule has 0 amide bonds. The lowest BCUT2D eigenvalue weighted by Gasteiger charge is -2.23. The minimum atomic E-state index is 0.166. The van der Waals surface area contributed by atoms with E-state index >= 15 is 0 Å². The molecule has 0 bridgehead atoms. The highest BCUT2D eigenvalue weighted by atomic mass is 16.5. The standard InChI is InChI=1S/C9H15N4O3/c1-13(2,5-6-14)7-10-8(15-3)12-9(11-7)16-4/h6H,5H2,1-4H3/q+1. The van der Waals surface area contributed by atoms with Gasteiger partial charge >= 0.3 is 18.0 Å². The van der Waals surface area contributed by atoms with E-state index in [9.17, 15) is 4.79 Å². The van der Waals surface area contributed by atoms with E-state index < -0.39 is 0 Å². The average molecular weight is 227 g/mol. The maximum atomic E-state index is 10.6. The van der Waals surface area contributed by atoms with Gasteiger partial charge in [-0.25, -0.2) is 0 Å². The third kappa shape index (κ3) is 2.63. The molecule has 1 heterocycles. The van der Waals surface area contributed by atoms with Gasteiger partial charge in [0.1, 0.15) is 6.54 Å². The molecule has 1 aromatic rings. The van der Waals surface area contributed by atoms with Gasteiger partial charge < -0.3 is 9.47 Å². The van der Waals surface area contributed by atoms with Crippen molar-refractivity contribution in [2.45, 2.75) is 0 Å². The number of carbonyl (C=O) groups is 1. The molecule has 7 heteroatoms. The van der Waals surface area contributed by atoms with Crippen LogP contribution in [0.2, 0.25) is 0 Å². The van der Waals surface area contributed by atoms with Crippen LogP contribution in [0.25, 0.3) is 0 Å². The topological polar surface area (TPSA) is 74.2 Å². The Morgan fingerprint density at radius 1 is 1.12 bits per heavy atom. The zero-order valence-electron chi connectivity index (χ0n) is 9.80. The van der Waals surface area contributed by atoms with Gasteiger partial charge in [-0.2, -0.15) is 0 Å². The van der Waals surface area contributed by atoms with Crippen LogP contribution in [0.4, 0.5) is 5.95 Å². The average Bonchev–Trinajstić information content (AvgIpc) is 2.28. The van der Waals surface area contributed by atoms with E-state index in [1.807, 2.05) is 14.1 Å². The largest absolute Gasteiger partial charge is 0.466 e. The van der Waals surface area contributed by atoms with E-state index in [1.54, 1.807) is 0 Å². The minimum absolute atomic E-state index is 0.166. The number of hydrogen-bond acceptors (Lipinski definition) is 6. The van der Waals surface area contributed by atoms with Crippen molar-refractivity contribution in [1.82, 2.24) is 19.4 Å². The van der Waals surface area contributed by atoms with Gasteiger partial charge in [-0.1, -0.05) is 0 Å². The second-order valence-corrected chi connectivity index (χ2v) is 3.64. The zero-order valence-corrected chi connectivity index (χ0v) is 9.80. The predicted octanol–water partition coefficient (Wildman–Crippen LogP) is -0.345. The molecule has 0 aliphatic rings. The first kappa shape index (κ1) is 12.3. The Kier molecular flexibility index (Phi) is 3.73.